The molecule has 1 heterocycles. The summed E-state index contributed by atoms with van der Waals surface area (Å²) in [6.45, 7) is 5.82. The molecular formula is C12H19N3O. The van der Waals surface area contributed by atoms with E-state index >= 15 is 0 Å². The molecule has 0 amide bonds. The molecule has 1 atom stereocenters. The third kappa shape index (κ3) is 4.29. The molecule has 0 fully saturated rings. The van der Waals surface area contributed by atoms with Gasteiger partial charge in [-0.3, -0.25) is 0 Å². The Kier molecular flexibility index (Phi) is 5.32. The highest BCUT2D eigenvalue weighted by Gasteiger charge is 2.04. The van der Waals surface area contributed by atoms with E-state index in [1.807, 2.05) is 6.08 Å². The number of aromatic nitrogens is 2. The van der Waals surface area contributed by atoms with Crippen LogP contribution < -0.4 is 10.1 Å². The molecule has 4 heteroatoms. The molecule has 4 nitrogen and oxygen atoms in total. The highest BCUT2D eigenvalue weighted by Crippen LogP contribution is 2.10. The van der Waals surface area contributed by atoms with Crippen LogP contribution in [0.4, 0.5) is 5.95 Å². The molecule has 1 aromatic rings. The zero-order valence-corrected chi connectivity index (χ0v) is 9.94. The lowest BCUT2D eigenvalue weighted by Gasteiger charge is -2.13. The summed E-state index contributed by atoms with van der Waals surface area (Å²) in [7, 11) is 1.60. The fourth-order valence-corrected chi connectivity index (χ4v) is 1.39. The van der Waals surface area contributed by atoms with E-state index in [0.29, 0.717) is 17.9 Å². The minimum absolute atomic E-state index is 0.354. The van der Waals surface area contributed by atoms with Gasteiger partial charge in [0.05, 0.1) is 7.11 Å². The van der Waals surface area contributed by atoms with Crippen LogP contribution in [0.1, 0.15) is 26.2 Å². The molecule has 0 spiro atoms. The van der Waals surface area contributed by atoms with Gasteiger partial charge in [0.2, 0.25) is 11.8 Å². The maximum Gasteiger partial charge on any atom is 0.226 e. The van der Waals surface area contributed by atoms with Crippen LogP contribution in [0.3, 0.4) is 0 Å². The molecule has 0 aromatic carbocycles. The van der Waals surface area contributed by atoms with Crippen LogP contribution in [0.25, 0.3) is 0 Å². The van der Waals surface area contributed by atoms with Crippen molar-refractivity contribution in [1.29, 1.82) is 0 Å². The number of rotatable bonds is 7. The molecule has 0 bridgehead atoms. The molecule has 1 unspecified atom stereocenters. The number of anilines is 1. The summed E-state index contributed by atoms with van der Waals surface area (Å²) in [5.41, 5.74) is 0. The summed E-state index contributed by atoms with van der Waals surface area (Å²) in [5.74, 6) is 1.20. The van der Waals surface area contributed by atoms with Gasteiger partial charge in [0, 0.05) is 18.3 Å². The van der Waals surface area contributed by atoms with Gasteiger partial charge in [0.1, 0.15) is 0 Å². The Balaban J connectivity index is 2.42. The average Bonchev–Trinajstić information content (AvgIpc) is 2.29. The first kappa shape index (κ1) is 12.5. The molecule has 16 heavy (non-hydrogen) atoms. The molecule has 0 aliphatic rings. The fourth-order valence-electron chi connectivity index (χ4n) is 1.39. The Morgan fingerprint density at radius 1 is 1.62 bits per heavy atom. The Bertz CT molecular complexity index is 328. The average molecular weight is 221 g/mol. The van der Waals surface area contributed by atoms with E-state index in [9.17, 15) is 0 Å². The first-order chi connectivity index (χ1) is 7.76. The van der Waals surface area contributed by atoms with E-state index in [1.54, 1.807) is 19.4 Å². The second-order valence-corrected chi connectivity index (χ2v) is 3.69. The van der Waals surface area contributed by atoms with E-state index in [2.05, 4.69) is 28.8 Å². The lowest BCUT2D eigenvalue weighted by molar-refractivity contribution is 0.397. The number of nitrogens with one attached hydrogen (secondary N) is 1. The topological polar surface area (TPSA) is 47.0 Å². The van der Waals surface area contributed by atoms with E-state index in [1.165, 1.54) is 0 Å². The number of nitrogens with zero attached hydrogens (tertiary/aromatic N) is 2. The number of allylic oxidation sites excluding steroid dienone is 1. The molecule has 1 N–H and O–H groups in total. The van der Waals surface area contributed by atoms with Crippen molar-refractivity contribution >= 4 is 5.95 Å². The van der Waals surface area contributed by atoms with Gasteiger partial charge in [0.25, 0.3) is 0 Å². The Hall–Kier alpha value is -1.58. The monoisotopic (exact) mass is 221 g/mol. The Morgan fingerprint density at radius 2 is 2.44 bits per heavy atom. The Morgan fingerprint density at radius 3 is 3.12 bits per heavy atom. The van der Waals surface area contributed by atoms with Gasteiger partial charge in [-0.2, -0.15) is 4.98 Å². The van der Waals surface area contributed by atoms with Crippen molar-refractivity contribution in [2.75, 3.05) is 12.4 Å². The Labute approximate surface area is 96.8 Å². The number of hydrogen-bond acceptors (Lipinski definition) is 4. The van der Waals surface area contributed by atoms with Gasteiger partial charge in [0.15, 0.2) is 0 Å². The zero-order chi connectivity index (χ0) is 11.8. The van der Waals surface area contributed by atoms with Crippen molar-refractivity contribution in [3.05, 3.63) is 24.9 Å². The van der Waals surface area contributed by atoms with Crippen molar-refractivity contribution < 1.29 is 4.74 Å². The highest BCUT2D eigenvalue weighted by molar-refractivity contribution is 5.28. The molecule has 0 radical (unpaired) electrons. The number of unbranched alkanes of at least 4 members (excludes halogenated alkanes) is 1. The summed E-state index contributed by atoms with van der Waals surface area (Å²) in [4.78, 5) is 8.33. The SMILES string of the molecule is C=CCCCC(C)Nc1nccc(OC)n1. The zero-order valence-electron chi connectivity index (χ0n) is 9.94. The minimum atomic E-state index is 0.354. The van der Waals surface area contributed by atoms with Gasteiger partial charge in [-0.1, -0.05) is 6.08 Å². The normalized spacial score (nSPS) is 11.9. The predicted octanol–water partition coefficient (Wildman–Crippen LogP) is 2.64. The molecule has 1 rings (SSSR count). The summed E-state index contributed by atoms with van der Waals surface area (Å²) >= 11 is 0. The molecule has 0 saturated heterocycles. The molecule has 0 aliphatic heterocycles. The number of hydrogen-bond donors (Lipinski definition) is 1. The smallest absolute Gasteiger partial charge is 0.226 e. The standard InChI is InChI=1S/C12H19N3O/c1-4-5-6-7-10(2)14-12-13-9-8-11(15-12)16-3/h4,8-10H,1,5-7H2,2-3H3,(H,13,14,15). The van der Waals surface area contributed by atoms with Gasteiger partial charge < -0.3 is 10.1 Å². The lowest BCUT2D eigenvalue weighted by atomic mass is 10.1. The van der Waals surface area contributed by atoms with Crippen LogP contribution in [0.15, 0.2) is 24.9 Å². The molecular weight excluding hydrogens is 202 g/mol. The van der Waals surface area contributed by atoms with Crippen molar-refractivity contribution in [1.82, 2.24) is 9.97 Å². The van der Waals surface area contributed by atoms with Crippen LogP contribution in [-0.2, 0) is 0 Å². The summed E-state index contributed by atoms with van der Waals surface area (Å²) < 4.78 is 5.03. The van der Waals surface area contributed by atoms with Crippen LogP contribution >= 0.6 is 0 Å². The van der Waals surface area contributed by atoms with E-state index in [-0.39, 0.29) is 0 Å². The lowest BCUT2D eigenvalue weighted by Crippen LogP contribution is -2.16. The van der Waals surface area contributed by atoms with E-state index < -0.39 is 0 Å². The van der Waals surface area contributed by atoms with Crippen LogP contribution in [0.5, 0.6) is 5.88 Å². The molecule has 0 aliphatic carbocycles. The van der Waals surface area contributed by atoms with E-state index in [0.717, 1.165) is 19.3 Å². The minimum Gasteiger partial charge on any atom is -0.481 e. The van der Waals surface area contributed by atoms with Crippen LogP contribution in [0, 0.1) is 0 Å². The van der Waals surface area contributed by atoms with Crippen molar-refractivity contribution in [3.63, 3.8) is 0 Å². The summed E-state index contributed by atoms with van der Waals surface area (Å²) in [6.07, 6.45) is 6.87. The first-order valence-electron chi connectivity index (χ1n) is 5.50. The van der Waals surface area contributed by atoms with Gasteiger partial charge in [-0.15, -0.1) is 6.58 Å². The maximum absolute atomic E-state index is 5.03. The summed E-state index contributed by atoms with van der Waals surface area (Å²) in [5, 5.41) is 3.24. The van der Waals surface area contributed by atoms with Crippen LogP contribution in [-0.4, -0.2) is 23.1 Å². The number of ether oxygens (including phenoxy) is 1. The summed E-state index contributed by atoms with van der Waals surface area (Å²) in [6, 6.07) is 2.08. The van der Waals surface area contributed by atoms with E-state index in [4.69, 9.17) is 4.74 Å². The van der Waals surface area contributed by atoms with Crippen molar-refractivity contribution in [2.24, 2.45) is 0 Å². The maximum atomic E-state index is 5.03. The second kappa shape index (κ2) is 6.82. The largest absolute Gasteiger partial charge is 0.481 e. The molecule has 1 aromatic heterocycles. The first-order valence-corrected chi connectivity index (χ1v) is 5.50. The third-order valence-electron chi connectivity index (χ3n) is 2.26. The fraction of sp³-hybridized carbons (Fsp3) is 0.500. The molecule has 0 saturated carbocycles. The third-order valence-corrected chi connectivity index (χ3v) is 2.26. The predicted molar refractivity (Wildman–Crippen MR) is 65.7 cm³/mol. The van der Waals surface area contributed by atoms with Crippen molar-refractivity contribution in [3.8, 4) is 5.88 Å². The van der Waals surface area contributed by atoms with Gasteiger partial charge in [-0.25, -0.2) is 4.98 Å². The van der Waals surface area contributed by atoms with Crippen LogP contribution in [0.2, 0.25) is 0 Å². The van der Waals surface area contributed by atoms with Gasteiger partial charge in [-0.05, 0) is 26.2 Å². The van der Waals surface area contributed by atoms with Crippen molar-refractivity contribution in [2.45, 2.75) is 32.2 Å². The second-order valence-electron chi connectivity index (χ2n) is 3.69. The molecule has 88 valence electrons. The van der Waals surface area contributed by atoms with Gasteiger partial charge >= 0.3 is 0 Å². The quantitative estimate of drug-likeness (QED) is 0.568. The highest BCUT2D eigenvalue weighted by atomic mass is 16.5. The number of methoxy groups -OCH3 is 1.